The van der Waals surface area contributed by atoms with Crippen molar-refractivity contribution < 1.29 is 14.3 Å². The fraction of sp³-hybridized carbons (Fsp3) is 0.500. The van der Waals surface area contributed by atoms with Crippen LogP contribution in [0.5, 0.6) is 0 Å². The molecule has 1 saturated heterocycles. The summed E-state index contributed by atoms with van der Waals surface area (Å²) in [6.45, 7) is 2.59. The van der Waals surface area contributed by atoms with Crippen LogP contribution in [-0.2, 0) is 20.9 Å². The van der Waals surface area contributed by atoms with Gasteiger partial charge in [-0.2, -0.15) is 0 Å². The van der Waals surface area contributed by atoms with Crippen molar-refractivity contribution in [3.8, 4) is 0 Å². The molecule has 7 heteroatoms. The predicted octanol–water partition coefficient (Wildman–Crippen LogP) is 0.907. The minimum atomic E-state index is -0.0877. The molecule has 1 aliphatic rings. The van der Waals surface area contributed by atoms with Gasteiger partial charge in [-0.1, -0.05) is 30.3 Å². The maximum Gasteiger partial charge on any atom is 0.229 e. The van der Waals surface area contributed by atoms with Gasteiger partial charge in [0.2, 0.25) is 11.8 Å². The van der Waals surface area contributed by atoms with Crippen molar-refractivity contribution >= 4 is 17.8 Å². The van der Waals surface area contributed by atoms with Gasteiger partial charge in [0.05, 0.1) is 13.2 Å². The molecule has 1 aromatic rings. The number of aliphatic imine (C=N–C) groups is 1. The Bertz CT molecular complexity index is 573. The average molecular weight is 346 g/mol. The van der Waals surface area contributed by atoms with E-state index in [0.29, 0.717) is 58.1 Å². The summed E-state index contributed by atoms with van der Waals surface area (Å²) in [4.78, 5) is 28.9. The second kappa shape index (κ2) is 10.5. The number of hydrogen-bond donors (Lipinski definition) is 2. The van der Waals surface area contributed by atoms with Crippen LogP contribution in [0.2, 0.25) is 0 Å². The maximum absolute atomic E-state index is 11.7. The molecular weight excluding hydrogens is 320 g/mol. The Morgan fingerprint density at radius 1 is 1.12 bits per heavy atom. The van der Waals surface area contributed by atoms with E-state index in [0.717, 1.165) is 5.56 Å². The van der Waals surface area contributed by atoms with E-state index in [-0.39, 0.29) is 11.8 Å². The first kappa shape index (κ1) is 18.9. The Balaban J connectivity index is 1.59. The first-order valence-corrected chi connectivity index (χ1v) is 8.60. The average Bonchev–Trinajstić information content (AvgIpc) is 2.63. The molecule has 2 N–H and O–H groups in total. The lowest BCUT2D eigenvalue weighted by Gasteiger charge is -2.25. The molecular formula is C18H26N4O3. The number of ether oxygens (including phenoxy) is 1. The summed E-state index contributed by atoms with van der Waals surface area (Å²) in [7, 11) is 1.68. The highest BCUT2D eigenvalue weighted by Gasteiger charge is 2.25. The van der Waals surface area contributed by atoms with E-state index >= 15 is 0 Å². The minimum absolute atomic E-state index is 0.0877. The van der Waals surface area contributed by atoms with Crippen LogP contribution in [0.15, 0.2) is 35.3 Å². The van der Waals surface area contributed by atoms with Crippen molar-refractivity contribution in [3.05, 3.63) is 35.9 Å². The molecule has 0 atom stereocenters. The summed E-state index contributed by atoms with van der Waals surface area (Å²) in [6.07, 6.45) is 1.57. The van der Waals surface area contributed by atoms with Crippen LogP contribution in [-0.4, -0.2) is 56.0 Å². The zero-order chi connectivity index (χ0) is 17.9. The Hall–Kier alpha value is -2.41. The fourth-order valence-corrected chi connectivity index (χ4v) is 2.56. The third-order valence-corrected chi connectivity index (χ3v) is 3.89. The van der Waals surface area contributed by atoms with Crippen LogP contribution >= 0.6 is 0 Å². The molecule has 0 aliphatic carbocycles. The fourth-order valence-electron chi connectivity index (χ4n) is 2.56. The summed E-state index contributed by atoms with van der Waals surface area (Å²) in [6, 6.07) is 10.0. The van der Waals surface area contributed by atoms with Gasteiger partial charge >= 0.3 is 0 Å². The molecule has 0 radical (unpaired) electrons. The lowest BCUT2D eigenvalue weighted by atomic mass is 10.1. The van der Waals surface area contributed by atoms with E-state index in [1.807, 2.05) is 30.3 Å². The second-order valence-corrected chi connectivity index (χ2v) is 5.76. The summed E-state index contributed by atoms with van der Waals surface area (Å²) in [5.41, 5.74) is 1.14. The van der Waals surface area contributed by atoms with Crippen LogP contribution in [0.25, 0.3) is 0 Å². The number of nitrogens with zero attached hydrogens (tertiary/aromatic N) is 2. The van der Waals surface area contributed by atoms with Gasteiger partial charge in [-0.15, -0.1) is 0 Å². The molecule has 136 valence electrons. The zero-order valence-electron chi connectivity index (χ0n) is 14.7. The first-order valence-electron chi connectivity index (χ1n) is 8.60. The second-order valence-electron chi connectivity index (χ2n) is 5.76. The number of amides is 2. The van der Waals surface area contributed by atoms with Gasteiger partial charge in [0.1, 0.15) is 0 Å². The lowest BCUT2D eigenvalue weighted by molar-refractivity contribution is -0.147. The van der Waals surface area contributed by atoms with E-state index in [9.17, 15) is 9.59 Å². The highest BCUT2D eigenvalue weighted by Crippen LogP contribution is 2.11. The smallest absolute Gasteiger partial charge is 0.229 e. The van der Waals surface area contributed by atoms with Crippen molar-refractivity contribution in [2.45, 2.75) is 25.9 Å². The monoisotopic (exact) mass is 346 g/mol. The van der Waals surface area contributed by atoms with E-state index in [4.69, 9.17) is 4.74 Å². The van der Waals surface area contributed by atoms with Crippen molar-refractivity contribution in [2.24, 2.45) is 4.99 Å². The Labute approximate surface area is 148 Å². The Morgan fingerprint density at radius 3 is 2.48 bits per heavy atom. The number of guanidine groups is 1. The summed E-state index contributed by atoms with van der Waals surface area (Å²) in [5.74, 6) is 0.450. The normalized spacial score (nSPS) is 15.4. The van der Waals surface area contributed by atoms with E-state index < -0.39 is 0 Å². The maximum atomic E-state index is 11.7. The van der Waals surface area contributed by atoms with Crippen LogP contribution in [0.1, 0.15) is 24.8 Å². The van der Waals surface area contributed by atoms with Crippen LogP contribution in [0, 0.1) is 0 Å². The zero-order valence-corrected chi connectivity index (χ0v) is 14.7. The molecule has 7 nitrogen and oxygen atoms in total. The molecule has 0 spiro atoms. The lowest BCUT2D eigenvalue weighted by Crippen LogP contribution is -2.46. The van der Waals surface area contributed by atoms with Gasteiger partial charge in [0.25, 0.3) is 0 Å². The highest BCUT2D eigenvalue weighted by molar-refractivity contribution is 5.97. The molecule has 2 rings (SSSR count). The van der Waals surface area contributed by atoms with Gasteiger partial charge < -0.3 is 15.4 Å². The molecule has 1 aromatic carbocycles. The van der Waals surface area contributed by atoms with Crippen molar-refractivity contribution in [3.63, 3.8) is 0 Å². The van der Waals surface area contributed by atoms with E-state index in [1.165, 1.54) is 4.90 Å². The SMILES string of the molecule is CN=C(NCCOCc1ccccc1)NCCN1C(=O)CCCC1=O. The highest BCUT2D eigenvalue weighted by atomic mass is 16.5. The number of carbonyl (C=O) groups excluding carboxylic acids is 2. The van der Waals surface area contributed by atoms with Gasteiger partial charge in [0.15, 0.2) is 5.96 Å². The summed E-state index contributed by atoms with van der Waals surface area (Å²) < 4.78 is 5.60. The number of likely N-dealkylation sites (tertiary alicyclic amines) is 1. The molecule has 0 unspecified atom stereocenters. The molecule has 0 saturated carbocycles. The van der Waals surface area contributed by atoms with Gasteiger partial charge in [-0.25, -0.2) is 0 Å². The molecule has 1 heterocycles. The largest absolute Gasteiger partial charge is 0.375 e. The molecule has 1 fully saturated rings. The predicted molar refractivity (Wildman–Crippen MR) is 96.0 cm³/mol. The number of imide groups is 1. The van der Waals surface area contributed by atoms with Crippen LogP contribution < -0.4 is 10.6 Å². The Morgan fingerprint density at radius 2 is 1.80 bits per heavy atom. The van der Waals surface area contributed by atoms with Crippen LogP contribution in [0.4, 0.5) is 0 Å². The third-order valence-electron chi connectivity index (χ3n) is 3.89. The van der Waals surface area contributed by atoms with Crippen molar-refractivity contribution in [1.82, 2.24) is 15.5 Å². The number of piperidine rings is 1. The van der Waals surface area contributed by atoms with Crippen molar-refractivity contribution in [1.29, 1.82) is 0 Å². The van der Waals surface area contributed by atoms with Gasteiger partial charge in [-0.05, 0) is 12.0 Å². The van der Waals surface area contributed by atoms with Crippen molar-refractivity contribution in [2.75, 3.05) is 33.3 Å². The molecule has 0 aromatic heterocycles. The topological polar surface area (TPSA) is 83.0 Å². The number of rotatable bonds is 8. The van der Waals surface area contributed by atoms with E-state index in [2.05, 4.69) is 15.6 Å². The minimum Gasteiger partial charge on any atom is -0.375 e. The summed E-state index contributed by atoms with van der Waals surface area (Å²) >= 11 is 0. The van der Waals surface area contributed by atoms with Gasteiger partial charge in [-0.3, -0.25) is 19.5 Å². The van der Waals surface area contributed by atoms with Gasteiger partial charge in [0, 0.05) is 39.5 Å². The number of benzene rings is 1. The molecule has 0 bridgehead atoms. The quantitative estimate of drug-likeness (QED) is 0.316. The number of carbonyl (C=O) groups is 2. The number of nitrogens with one attached hydrogen (secondary N) is 2. The molecule has 1 aliphatic heterocycles. The standard InChI is InChI=1S/C18H26N4O3/c1-19-18(20-10-12-22-16(23)8-5-9-17(22)24)21-11-13-25-14-15-6-3-2-4-7-15/h2-4,6-7H,5,8-14H2,1H3,(H2,19,20,21). The third kappa shape index (κ3) is 6.54. The molecule has 2 amide bonds. The molecule has 25 heavy (non-hydrogen) atoms. The van der Waals surface area contributed by atoms with E-state index in [1.54, 1.807) is 7.05 Å². The Kier molecular flexibility index (Phi) is 7.91. The first-order chi connectivity index (χ1) is 12.2. The van der Waals surface area contributed by atoms with Crippen LogP contribution in [0.3, 0.4) is 0 Å². The number of hydrogen-bond acceptors (Lipinski definition) is 4. The summed E-state index contributed by atoms with van der Waals surface area (Å²) in [5, 5.41) is 6.25.